The third kappa shape index (κ3) is 5.04. The monoisotopic (exact) mass is 583 g/mol. The van der Waals surface area contributed by atoms with Crippen molar-refractivity contribution in [1.29, 1.82) is 0 Å². The lowest BCUT2D eigenvalue weighted by Crippen LogP contribution is -2.25. The topological polar surface area (TPSA) is 131 Å². The van der Waals surface area contributed by atoms with Crippen molar-refractivity contribution in [2.24, 2.45) is 4.99 Å². The Morgan fingerprint density at radius 1 is 1.15 bits per heavy atom. The summed E-state index contributed by atoms with van der Waals surface area (Å²) < 4.78 is 73.7. The third-order valence-corrected chi connectivity index (χ3v) is 7.96. The number of aliphatic imine (C=N–C) groups is 1. The van der Waals surface area contributed by atoms with Gasteiger partial charge in [-0.2, -0.15) is 0 Å². The molecule has 0 bridgehead atoms. The van der Waals surface area contributed by atoms with Gasteiger partial charge in [0.2, 0.25) is 10.0 Å². The molecule has 0 saturated heterocycles. The molecule has 41 heavy (non-hydrogen) atoms. The number of carbonyl (C=O) groups is 1. The highest BCUT2D eigenvalue weighted by molar-refractivity contribution is 7.92. The molecule has 212 valence electrons. The van der Waals surface area contributed by atoms with Crippen LogP contribution in [-0.4, -0.2) is 51.9 Å². The average Bonchev–Trinajstić information content (AvgIpc) is 3.56. The van der Waals surface area contributed by atoms with Gasteiger partial charge < -0.3 is 15.5 Å². The van der Waals surface area contributed by atoms with E-state index in [1.54, 1.807) is 12.1 Å². The quantitative estimate of drug-likeness (QED) is 0.335. The molecule has 3 N–H and O–H groups in total. The summed E-state index contributed by atoms with van der Waals surface area (Å²) in [5.74, 6) is -2.55. The van der Waals surface area contributed by atoms with Gasteiger partial charge in [-0.3, -0.25) is 14.1 Å². The molecular formula is C28H24F3N5O4S. The Labute approximate surface area is 233 Å². The molecule has 0 aliphatic carbocycles. The van der Waals surface area contributed by atoms with E-state index in [-0.39, 0.29) is 63.5 Å². The minimum absolute atomic E-state index is 0.0450. The van der Waals surface area contributed by atoms with Crippen molar-refractivity contribution in [3.8, 4) is 22.6 Å². The van der Waals surface area contributed by atoms with Crippen LogP contribution in [0.3, 0.4) is 0 Å². The number of amides is 1. The van der Waals surface area contributed by atoms with Crippen molar-refractivity contribution in [2.75, 3.05) is 36.9 Å². The van der Waals surface area contributed by atoms with Crippen LogP contribution in [0.25, 0.3) is 33.6 Å². The third-order valence-electron chi connectivity index (χ3n) is 6.77. The summed E-state index contributed by atoms with van der Waals surface area (Å²) in [5, 5.41) is 2.73. The number of benzene rings is 2. The molecule has 9 nitrogen and oxygen atoms in total. The Morgan fingerprint density at radius 3 is 2.54 bits per heavy atom. The first-order valence-corrected chi connectivity index (χ1v) is 14.1. The van der Waals surface area contributed by atoms with E-state index < -0.39 is 27.6 Å². The molecular weight excluding hydrogens is 559 g/mol. The lowest BCUT2D eigenvalue weighted by molar-refractivity contribution is 0.0964. The fourth-order valence-electron chi connectivity index (χ4n) is 4.60. The largest absolute Gasteiger partial charge is 0.455 e. The van der Waals surface area contributed by atoms with Gasteiger partial charge >= 0.3 is 0 Å². The van der Waals surface area contributed by atoms with Gasteiger partial charge in [0.05, 0.1) is 53.0 Å². The van der Waals surface area contributed by atoms with Gasteiger partial charge in [-0.1, -0.05) is 0 Å². The number of furan rings is 1. The lowest BCUT2D eigenvalue weighted by atomic mass is 10.00. The van der Waals surface area contributed by atoms with Gasteiger partial charge in [-0.25, -0.2) is 26.6 Å². The van der Waals surface area contributed by atoms with Crippen LogP contribution < -0.4 is 15.4 Å². The molecule has 5 rings (SSSR count). The number of hydrogen-bond acceptors (Lipinski definition) is 7. The molecule has 1 aliphatic rings. The molecule has 0 unspecified atom stereocenters. The van der Waals surface area contributed by atoms with E-state index in [9.17, 15) is 26.4 Å². The number of halogens is 3. The van der Waals surface area contributed by atoms with Crippen LogP contribution in [0.15, 0.2) is 63.8 Å². The first-order chi connectivity index (χ1) is 19.4. The molecule has 4 aromatic rings. The minimum Gasteiger partial charge on any atom is -0.455 e. The molecule has 1 amide bonds. The number of nitrogens with two attached hydrogens (primary N) is 1. The van der Waals surface area contributed by atoms with Crippen molar-refractivity contribution in [2.45, 2.75) is 6.42 Å². The van der Waals surface area contributed by atoms with Crippen molar-refractivity contribution in [1.82, 2.24) is 10.3 Å². The van der Waals surface area contributed by atoms with Crippen LogP contribution in [0.2, 0.25) is 0 Å². The molecule has 13 heteroatoms. The van der Waals surface area contributed by atoms with Crippen molar-refractivity contribution < 1.29 is 30.8 Å². The van der Waals surface area contributed by atoms with Crippen LogP contribution in [0.4, 0.5) is 24.5 Å². The van der Waals surface area contributed by atoms with Crippen molar-refractivity contribution >= 4 is 44.0 Å². The van der Waals surface area contributed by atoms with Crippen molar-refractivity contribution in [3.63, 3.8) is 0 Å². The summed E-state index contributed by atoms with van der Waals surface area (Å²) in [6.45, 7) is 0.165. The van der Waals surface area contributed by atoms with E-state index in [0.717, 1.165) is 22.7 Å². The van der Waals surface area contributed by atoms with Gasteiger partial charge in [-0.15, -0.1) is 0 Å². The Kier molecular flexibility index (Phi) is 7.07. The van der Waals surface area contributed by atoms with Crippen LogP contribution in [-0.2, 0) is 10.0 Å². The predicted molar refractivity (Wildman–Crippen MR) is 151 cm³/mol. The normalized spacial score (nSPS) is 14.5. The average molecular weight is 584 g/mol. The maximum Gasteiger partial charge on any atom is 0.255 e. The second kappa shape index (κ2) is 10.4. The highest BCUT2D eigenvalue weighted by Crippen LogP contribution is 2.42. The van der Waals surface area contributed by atoms with Crippen molar-refractivity contribution in [3.05, 3.63) is 77.3 Å². The summed E-state index contributed by atoms with van der Waals surface area (Å²) in [6.07, 6.45) is 1.71. The number of aromatic nitrogens is 1. The Hall–Kier alpha value is -4.65. The lowest BCUT2D eigenvalue weighted by Gasteiger charge is -2.20. The summed E-state index contributed by atoms with van der Waals surface area (Å²) in [5.41, 5.74) is 8.26. The summed E-state index contributed by atoms with van der Waals surface area (Å²) in [6, 6.07) is 8.90. The summed E-state index contributed by atoms with van der Waals surface area (Å²) >= 11 is 0. The van der Waals surface area contributed by atoms with E-state index in [1.807, 2.05) is 0 Å². The summed E-state index contributed by atoms with van der Waals surface area (Å²) in [7, 11) is -1.08. The van der Waals surface area contributed by atoms with E-state index in [2.05, 4.69) is 15.3 Å². The van der Waals surface area contributed by atoms with Crippen LogP contribution in [0.5, 0.6) is 0 Å². The smallest absolute Gasteiger partial charge is 0.255 e. The number of nitrogens with zero attached hydrogens (tertiary/aromatic N) is 3. The Bertz CT molecular complexity index is 1900. The Balaban J connectivity index is 1.81. The Morgan fingerprint density at radius 2 is 1.90 bits per heavy atom. The first kappa shape index (κ1) is 27.9. The maximum atomic E-state index is 14.8. The SMILES string of the molecule is CNC(=O)c1c(-c2ccc(F)cc2F)oc2cc(N(C)S(C)(=O)=O)c(-c3ccc(N)c(C4=NCC(=CF)C4)n3)cc12. The van der Waals surface area contributed by atoms with Crippen LogP contribution in [0.1, 0.15) is 22.5 Å². The molecule has 0 saturated carbocycles. The highest BCUT2D eigenvalue weighted by atomic mass is 32.2. The number of anilines is 2. The van der Waals surface area contributed by atoms with Gasteiger partial charge in [0.1, 0.15) is 22.9 Å². The molecule has 0 fully saturated rings. The zero-order chi connectivity index (χ0) is 29.6. The molecule has 1 aliphatic heterocycles. The molecule has 3 heterocycles. The minimum atomic E-state index is -3.80. The van der Waals surface area contributed by atoms with E-state index in [0.29, 0.717) is 29.4 Å². The van der Waals surface area contributed by atoms with E-state index in [4.69, 9.17) is 10.2 Å². The van der Waals surface area contributed by atoms with Gasteiger partial charge in [0.25, 0.3) is 5.91 Å². The highest BCUT2D eigenvalue weighted by Gasteiger charge is 2.28. The maximum absolute atomic E-state index is 14.8. The predicted octanol–water partition coefficient (Wildman–Crippen LogP) is 4.82. The van der Waals surface area contributed by atoms with Gasteiger partial charge in [0, 0.05) is 43.6 Å². The zero-order valence-corrected chi connectivity index (χ0v) is 22.9. The summed E-state index contributed by atoms with van der Waals surface area (Å²) in [4.78, 5) is 22.0. The zero-order valence-electron chi connectivity index (χ0n) is 22.1. The van der Waals surface area contributed by atoms with Gasteiger partial charge in [0.15, 0.2) is 5.76 Å². The fourth-order valence-corrected chi connectivity index (χ4v) is 5.11. The van der Waals surface area contributed by atoms with E-state index >= 15 is 0 Å². The number of carbonyl (C=O) groups excluding carboxylic acids is 1. The fraction of sp³-hybridized carbons (Fsp3) is 0.179. The number of sulfonamides is 1. The number of nitrogen functional groups attached to an aromatic ring is 1. The molecule has 0 radical (unpaired) electrons. The molecule has 0 atom stereocenters. The first-order valence-electron chi connectivity index (χ1n) is 12.2. The van der Waals surface area contributed by atoms with E-state index in [1.165, 1.54) is 26.2 Å². The number of rotatable bonds is 6. The van der Waals surface area contributed by atoms with Crippen LogP contribution in [0, 0.1) is 11.6 Å². The number of hydrogen-bond donors (Lipinski definition) is 2. The second-order valence-electron chi connectivity index (χ2n) is 9.45. The van der Waals surface area contributed by atoms with Gasteiger partial charge in [-0.05, 0) is 35.9 Å². The number of pyridine rings is 1. The number of nitrogens with one attached hydrogen (secondary N) is 1. The number of fused-ring (bicyclic) bond motifs is 1. The molecule has 0 spiro atoms. The second-order valence-corrected chi connectivity index (χ2v) is 11.5. The molecule has 2 aromatic heterocycles. The molecule has 2 aromatic carbocycles. The van der Waals surface area contributed by atoms with Crippen LogP contribution >= 0.6 is 0 Å². The standard InChI is InChI=1S/C28H24F3N5O4S/c1-33-28(37)25-18-10-17(21-7-6-20(32)26(35-21)22-8-14(12-29)13-34-22)23(36(2)41(3,38)39)11-24(18)40-27(25)16-5-4-15(30)9-19(16)31/h4-7,9-12H,8,13,32H2,1-3H3,(H,33,37).